The summed E-state index contributed by atoms with van der Waals surface area (Å²) in [6.07, 6.45) is 0. The Bertz CT molecular complexity index is 518. The molecule has 0 saturated carbocycles. The van der Waals surface area contributed by atoms with E-state index in [2.05, 4.69) is 0 Å². The molecular weight excluding hydrogens is 277 g/mol. The number of benzene rings is 2. The topological polar surface area (TPSA) is 0 Å². The SMILES string of the molecule is Fc1ccc(/C(Cl)=C(\Cl)c2ccc(F)cc2)cc1. The maximum atomic E-state index is 12.8. The summed E-state index contributed by atoms with van der Waals surface area (Å²) in [6.45, 7) is 0. The Morgan fingerprint density at radius 2 is 0.889 bits per heavy atom. The van der Waals surface area contributed by atoms with Crippen molar-refractivity contribution in [2.24, 2.45) is 0 Å². The smallest absolute Gasteiger partial charge is 0.123 e. The minimum Gasteiger partial charge on any atom is -0.207 e. The minimum atomic E-state index is -0.346. The first-order valence-corrected chi connectivity index (χ1v) is 5.90. The third-order valence-corrected chi connectivity index (χ3v) is 3.30. The van der Waals surface area contributed by atoms with Gasteiger partial charge in [-0.3, -0.25) is 0 Å². The van der Waals surface area contributed by atoms with E-state index in [0.717, 1.165) is 0 Å². The first-order chi connectivity index (χ1) is 8.58. The summed E-state index contributed by atoms with van der Waals surface area (Å²) >= 11 is 12.2. The second-order valence-corrected chi connectivity index (χ2v) is 4.40. The average molecular weight is 285 g/mol. The van der Waals surface area contributed by atoms with Crippen molar-refractivity contribution in [3.63, 3.8) is 0 Å². The van der Waals surface area contributed by atoms with Gasteiger partial charge in [0.2, 0.25) is 0 Å². The highest BCUT2D eigenvalue weighted by molar-refractivity contribution is 6.65. The maximum Gasteiger partial charge on any atom is 0.123 e. The summed E-state index contributed by atoms with van der Waals surface area (Å²) in [5.74, 6) is -0.692. The summed E-state index contributed by atoms with van der Waals surface area (Å²) in [7, 11) is 0. The van der Waals surface area contributed by atoms with Gasteiger partial charge in [0.05, 0.1) is 10.1 Å². The average Bonchev–Trinajstić information content (AvgIpc) is 2.39. The van der Waals surface area contributed by atoms with Crippen LogP contribution in [0.2, 0.25) is 0 Å². The van der Waals surface area contributed by atoms with Gasteiger partial charge in [0.25, 0.3) is 0 Å². The van der Waals surface area contributed by atoms with E-state index in [-0.39, 0.29) is 11.6 Å². The molecule has 0 spiro atoms. The molecule has 2 aromatic carbocycles. The lowest BCUT2D eigenvalue weighted by molar-refractivity contribution is 0.627. The highest BCUT2D eigenvalue weighted by atomic mass is 35.5. The molecular formula is C14H8Cl2F2. The molecule has 0 bridgehead atoms. The quantitative estimate of drug-likeness (QED) is 0.659. The molecule has 2 rings (SSSR count). The lowest BCUT2D eigenvalue weighted by Crippen LogP contribution is -1.84. The molecule has 0 aliphatic rings. The van der Waals surface area contributed by atoms with Gasteiger partial charge in [-0.15, -0.1) is 0 Å². The van der Waals surface area contributed by atoms with Crippen molar-refractivity contribution in [3.05, 3.63) is 71.3 Å². The van der Waals surface area contributed by atoms with E-state index in [9.17, 15) is 8.78 Å². The minimum absolute atomic E-state index is 0.295. The second-order valence-electron chi connectivity index (χ2n) is 3.64. The molecule has 0 saturated heterocycles. The Kier molecular flexibility index (Phi) is 4.00. The van der Waals surface area contributed by atoms with Crippen LogP contribution in [0.3, 0.4) is 0 Å². The van der Waals surface area contributed by atoms with Crippen molar-refractivity contribution in [2.75, 3.05) is 0 Å². The van der Waals surface area contributed by atoms with Crippen LogP contribution in [0.25, 0.3) is 10.1 Å². The molecule has 0 radical (unpaired) electrons. The van der Waals surface area contributed by atoms with Gasteiger partial charge in [-0.25, -0.2) is 8.78 Å². The first-order valence-electron chi connectivity index (χ1n) is 5.15. The molecule has 0 aliphatic heterocycles. The molecule has 0 aliphatic carbocycles. The van der Waals surface area contributed by atoms with Crippen molar-refractivity contribution >= 4 is 33.3 Å². The summed E-state index contributed by atoms with van der Waals surface area (Å²) in [5, 5.41) is 0.589. The summed E-state index contributed by atoms with van der Waals surface area (Å²) < 4.78 is 25.6. The monoisotopic (exact) mass is 284 g/mol. The van der Waals surface area contributed by atoms with Crippen molar-refractivity contribution in [1.29, 1.82) is 0 Å². The van der Waals surface area contributed by atoms with Crippen LogP contribution in [0, 0.1) is 11.6 Å². The molecule has 18 heavy (non-hydrogen) atoms. The zero-order valence-corrected chi connectivity index (χ0v) is 10.6. The summed E-state index contributed by atoms with van der Waals surface area (Å²) in [4.78, 5) is 0. The maximum absolute atomic E-state index is 12.8. The number of rotatable bonds is 2. The van der Waals surface area contributed by atoms with Crippen molar-refractivity contribution in [2.45, 2.75) is 0 Å². The zero-order chi connectivity index (χ0) is 13.1. The van der Waals surface area contributed by atoms with Crippen LogP contribution < -0.4 is 0 Å². The van der Waals surface area contributed by atoms with Crippen LogP contribution in [0.1, 0.15) is 11.1 Å². The molecule has 92 valence electrons. The Hall–Kier alpha value is -1.38. The van der Waals surface area contributed by atoms with Crippen LogP contribution in [-0.4, -0.2) is 0 Å². The highest BCUT2D eigenvalue weighted by Gasteiger charge is 2.07. The van der Waals surface area contributed by atoms with E-state index in [0.29, 0.717) is 21.2 Å². The molecule has 0 aromatic heterocycles. The van der Waals surface area contributed by atoms with Crippen LogP contribution >= 0.6 is 23.2 Å². The second kappa shape index (κ2) is 5.51. The number of hydrogen-bond acceptors (Lipinski definition) is 0. The van der Waals surface area contributed by atoms with Crippen LogP contribution in [-0.2, 0) is 0 Å². The predicted octanol–water partition coefficient (Wildman–Crippen LogP) is 5.27. The highest BCUT2D eigenvalue weighted by Crippen LogP contribution is 2.32. The van der Waals surface area contributed by atoms with Gasteiger partial charge >= 0.3 is 0 Å². The number of hydrogen-bond donors (Lipinski definition) is 0. The van der Waals surface area contributed by atoms with Crippen molar-refractivity contribution in [3.8, 4) is 0 Å². The fraction of sp³-hybridized carbons (Fsp3) is 0. The Labute approximate surface area is 113 Å². The number of halogens is 4. The van der Waals surface area contributed by atoms with E-state index >= 15 is 0 Å². The molecule has 0 unspecified atom stereocenters. The van der Waals surface area contributed by atoms with Crippen LogP contribution in [0.5, 0.6) is 0 Å². The van der Waals surface area contributed by atoms with Crippen LogP contribution in [0.4, 0.5) is 8.78 Å². The Morgan fingerprint density at radius 3 is 1.17 bits per heavy atom. The van der Waals surface area contributed by atoms with Gasteiger partial charge in [0.1, 0.15) is 11.6 Å². The molecule has 0 fully saturated rings. The van der Waals surface area contributed by atoms with Gasteiger partial charge < -0.3 is 0 Å². The third-order valence-electron chi connectivity index (χ3n) is 2.39. The predicted molar refractivity (Wildman–Crippen MR) is 71.3 cm³/mol. The largest absolute Gasteiger partial charge is 0.207 e. The third kappa shape index (κ3) is 2.89. The Morgan fingerprint density at radius 1 is 0.611 bits per heavy atom. The molecule has 0 heterocycles. The molecule has 0 nitrogen and oxygen atoms in total. The van der Waals surface area contributed by atoms with Crippen LogP contribution in [0.15, 0.2) is 48.5 Å². The summed E-state index contributed by atoms with van der Waals surface area (Å²) in [5.41, 5.74) is 1.21. The standard InChI is InChI=1S/C14H8Cl2F2/c15-13(9-1-5-11(17)6-2-9)14(16)10-3-7-12(18)8-4-10/h1-8H/b14-13+. The van der Waals surface area contributed by atoms with Crippen molar-refractivity contribution in [1.82, 2.24) is 0 Å². The lowest BCUT2D eigenvalue weighted by Gasteiger charge is -2.04. The molecule has 4 heteroatoms. The lowest BCUT2D eigenvalue weighted by atomic mass is 10.1. The van der Waals surface area contributed by atoms with E-state index in [4.69, 9.17) is 23.2 Å². The van der Waals surface area contributed by atoms with E-state index in [1.807, 2.05) is 0 Å². The molecule has 2 aromatic rings. The zero-order valence-electron chi connectivity index (χ0n) is 9.13. The summed E-state index contributed by atoms with van der Waals surface area (Å²) in [6, 6.07) is 11.3. The van der Waals surface area contributed by atoms with E-state index in [1.165, 1.54) is 48.5 Å². The van der Waals surface area contributed by atoms with Gasteiger partial charge in [0, 0.05) is 0 Å². The fourth-order valence-electron chi connectivity index (χ4n) is 1.45. The van der Waals surface area contributed by atoms with Gasteiger partial charge in [-0.2, -0.15) is 0 Å². The van der Waals surface area contributed by atoms with Gasteiger partial charge in [0.15, 0.2) is 0 Å². The van der Waals surface area contributed by atoms with Gasteiger partial charge in [-0.1, -0.05) is 47.5 Å². The molecule has 0 amide bonds. The fourth-order valence-corrected chi connectivity index (χ4v) is 1.92. The Balaban J connectivity index is 2.40. The van der Waals surface area contributed by atoms with Crippen molar-refractivity contribution < 1.29 is 8.78 Å². The normalized spacial score (nSPS) is 12.2. The van der Waals surface area contributed by atoms with E-state index in [1.54, 1.807) is 0 Å². The molecule has 0 atom stereocenters. The van der Waals surface area contributed by atoms with E-state index < -0.39 is 0 Å². The van der Waals surface area contributed by atoms with Gasteiger partial charge in [-0.05, 0) is 35.4 Å². The first kappa shape index (κ1) is 13.1. The molecule has 0 N–H and O–H groups in total.